The Bertz CT molecular complexity index is 514. The van der Waals surface area contributed by atoms with Crippen LogP contribution in [0.4, 0.5) is 10.7 Å². The van der Waals surface area contributed by atoms with Crippen LogP contribution in [0.3, 0.4) is 0 Å². The topological polar surface area (TPSA) is 58.4 Å². The Kier molecular flexibility index (Phi) is 4.38. The van der Waals surface area contributed by atoms with E-state index in [1.54, 1.807) is 11.3 Å². The van der Waals surface area contributed by atoms with Gasteiger partial charge < -0.3 is 16.0 Å². The van der Waals surface area contributed by atoms with Crippen molar-refractivity contribution in [2.24, 2.45) is 0 Å². The highest BCUT2D eigenvalue weighted by Crippen LogP contribution is 2.52. The molecule has 3 rings (SSSR count). The first-order chi connectivity index (χ1) is 10.2. The van der Waals surface area contributed by atoms with Crippen LogP contribution in [0.5, 0.6) is 0 Å². The molecule has 0 bridgehead atoms. The SMILES string of the molecule is CCNC(=O)c1sc(N2CCCCCC2)c(C2CC2)c1N. The molecule has 1 saturated carbocycles. The summed E-state index contributed by atoms with van der Waals surface area (Å²) in [5.74, 6) is 0.575. The Balaban J connectivity index is 1.94. The highest BCUT2D eigenvalue weighted by Gasteiger charge is 2.34. The molecule has 21 heavy (non-hydrogen) atoms. The van der Waals surface area contributed by atoms with Gasteiger partial charge in [0.2, 0.25) is 0 Å². The van der Waals surface area contributed by atoms with Gasteiger partial charge in [-0.05, 0) is 38.5 Å². The summed E-state index contributed by atoms with van der Waals surface area (Å²) in [5.41, 5.74) is 8.35. The average molecular weight is 307 g/mol. The molecule has 116 valence electrons. The van der Waals surface area contributed by atoms with Crippen LogP contribution in [0.1, 0.15) is 66.6 Å². The molecule has 2 aliphatic rings. The third-order valence-electron chi connectivity index (χ3n) is 4.39. The van der Waals surface area contributed by atoms with E-state index in [2.05, 4.69) is 10.2 Å². The van der Waals surface area contributed by atoms with E-state index < -0.39 is 0 Å². The summed E-state index contributed by atoms with van der Waals surface area (Å²) >= 11 is 1.61. The van der Waals surface area contributed by atoms with Gasteiger partial charge in [0.1, 0.15) is 4.88 Å². The maximum atomic E-state index is 12.2. The number of nitrogens with two attached hydrogens (primary N) is 1. The summed E-state index contributed by atoms with van der Waals surface area (Å²) in [4.78, 5) is 15.4. The highest BCUT2D eigenvalue weighted by atomic mass is 32.1. The van der Waals surface area contributed by atoms with E-state index in [1.165, 1.54) is 49.1 Å². The predicted molar refractivity (Wildman–Crippen MR) is 89.4 cm³/mol. The van der Waals surface area contributed by atoms with Gasteiger partial charge in [-0.2, -0.15) is 0 Å². The first-order valence-electron chi connectivity index (χ1n) is 8.17. The smallest absolute Gasteiger partial charge is 0.263 e. The highest BCUT2D eigenvalue weighted by molar-refractivity contribution is 7.18. The molecular weight excluding hydrogens is 282 g/mol. The van der Waals surface area contributed by atoms with Crippen LogP contribution in [0.2, 0.25) is 0 Å². The number of carbonyl (C=O) groups excluding carboxylic acids is 1. The molecule has 3 N–H and O–H groups in total. The number of amides is 1. The first kappa shape index (κ1) is 14.7. The lowest BCUT2D eigenvalue weighted by Gasteiger charge is -2.22. The second-order valence-electron chi connectivity index (χ2n) is 6.10. The van der Waals surface area contributed by atoms with E-state index in [0.29, 0.717) is 12.5 Å². The van der Waals surface area contributed by atoms with Gasteiger partial charge >= 0.3 is 0 Å². The third kappa shape index (κ3) is 3.03. The number of nitrogens with one attached hydrogen (secondary N) is 1. The van der Waals surface area contributed by atoms with E-state index in [0.717, 1.165) is 23.7 Å². The van der Waals surface area contributed by atoms with E-state index in [1.807, 2.05) is 6.92 Å². The van der Waals surface area contributed by atoms with Crippen molar-refractivity contribution in [2.45, 2.75) is 51.4 Å². The van der Waals surface area contributed by atoms with Crippen LogP contribution in [-0.4, -0.2) is 25.5 Å². The van der Waals surface area contributed by atoms with Crippen molar-refractivity contribution in [3.8, 4) is 0 Å². The molecule has 2 heterocycles. The maximum absolute atomic E-state index is 12.2. The van der Waals surface area contributed by atoms with E-state index in [9.17, 15) is 4.79 Å². The molecular formula is C16H25N3OS. The molecule has 1 aliphatic heterocycles. The van der Waals surface area contributed by atoms with Crippen LogP contribution >= 0.6 is 11.3 Å². The van der Waals surface area contributed by atoms with E-state index in [4.69, 9.17) is 5.73 Å². The number of rotatable bonds is 4. The van der Waals surface area contributed by atoms with Crippen molar-refractivity contribution >= 4 is 27.9 Å². The molecule has 4 nitrogen and oxygen atoms in total. The van der Waals surface area contributed by atoms with Crippen molar-refractivity contribution in [1.29, 1.82) is 0 Å². The first-order valence-corrected chi connectivity index (χ1v) is 8.99. The molecule has 1 aromatic rings. The minimum atomic E-state index is -0.0111. The number of anilines is 2. The van der Waals surface area contributed by atoms with Gasteiger partial charge in [-0.15, -0.1) is 11.3 Å². The normalized spacial score (nSPS) is 19.4. The molecule has 1 aromatic heterocycles. The Morgan fingerprint density at radius 2 is 1.95 bits per heavy atom. The summed E-state index contributed by atoms with van der Waals surface area (Å²) in [6.45, 7) is 4.80. The lowest BCUT2D eigenvalue weighted by atomic mass is 10.1. The predicted octanol–water partition coefficient (Wildman–Crippen LogP) is 3.34. The molecule has 0 unspecified atom stereocenters. The van der Waals surface area contributed by atoms with Gasteiger partial charge in [-0.25, -0.2) is 0 Å². The Labute approximate surface area is 130 Å². The number of carbonyl (C=O) groups is 1. The molecule has 0 radical (unpaired) electrons. The second-order valence-corrected chi connectivity index (χ2v) is 7.10. The van der Waals surface area contributed by atoms with E-state index in [-0.39, 0.29) is 5.91 Å². The summed E-state index contributed by atoms with van der Waals surface area (Å²) in [6.07, 6.45) is 7.57. The number of thiophene rings is 1. The molecule has 1 aliphatic carbocycles. The van der Waals surface area contributed by atoms with Crippen molar-refractivity contribution in [3.63, 3.8) is 0 Å². The molecule has 1 amide bonds. The third-order valence-corrected chi connectivity index (χ3v) is 5.67. The van der Waals surface area contributed by atoms with Crippen molar-refractivity contribution < 1.29 is 4.79 Å². The Hall–Kier alpha value is -1.23. The molecule has 0 atom stereocenters. The standard InChI is InChI=1S/C16H25N3OS/c1-2-18-15(20)14-13(17)12(11-7-8-11)16(21-14)19-9-5-3-4-6-10-19/h11H,2-10,17H2,1H3,(H,18,20). The van der Waals surface area contributed by atoms with E-state index >= 15 is 0 Å². The average Bonchev–Trinajstić information content (AvgIpc) is 3.27. The fourth-order valence-electron chi connectivity index (χ4n) is 3.13. The lowest BCUT2D eigenvalue weighted by molar-refractivity contribution is 0.0960. The van der Waals surface area contributed by atoms with Crippen molar-refractivity contribution in [1.82, 2.24) is 5.32 Å². The lowest BCUT2D eigenvalue weighted by Crippen LogP contribution is -2.23. The van der Waals surface area contributed by atoms with Crippen LogP contribution in [0.25, 0.3) is 0 Å². The summed E-state index contributed by atoms with van der Waals surface area (Å²) in [5, 5.41) is 4.17. The van der Waals surface area contributed by atoms with Crippen LogP contribution in [-0.2, 0) is 0 Å². The summed E-state index contributed by atoms with van der Waals surface area (Å²) in [6, 6.07) is 0. The number of nitrogens with zero attached hydrogens (tertiary/aromatic N) is 1. The minimum Gasteiger partial charge on any atom is -0.397 e. The summed E-state index contributed by atoms with van der Waals surface area (Å²) in [7, 11) is 0. The van der Waals surface area contributed by atoms with Gasteiger partial charge in [0, 0.05) is 25.2 Å². The number of hydrogen-bond donors (Lipinski definition) is 2. The quantitative estimate of drug-likeness (QED) is 0.897. The zero-order valence-corrected chi connectivity index (χ0v) is 13.6. The minimum absolute atomic E-state index is 0.0111. The Morgan fingerprint density at radius 3 is 2.52 bits per heavy atom. The molecule has 0 spiro atoms. The van der Waals surface area contributed by atoms with Gasteiger partial charge in [0.05, 0.1) is 10.7 Å². The largest absolute Gasteiger partial charge is 0.397 e. The van der Waals surface area contributed by atoms with Crippen LogP contribution in [0.15, 0.2) is 0 Å². The zero-order valence-electron chi connectivity index (χ0n) is 12.8. The molecule has 5 heteroatoms. The van der Waals surface area contributed by atoms with Crippen molar-refractivity contribution in [3.05, 3.63) is 10.4 Å². The molecule has 2 fully saturated rings. The molecule has 0 aromatic carbocycles. The Morgan fingerprint density at radius 1 is 1.29 bits per heavy atom. The maximum Gasteiger partial charge on any atom is 0.263 e. The summed E-state index contributed by atoms with van der Waals surface area (Å²) < 4.78 is 0. The van der Waals surface area contributed by atoms with Gasteiger partial charge in [-0.3, -0.25) is 4.79 Å². The zero-order chi connectivity index (χ0) is 14.8. The van der Waals surface area contributed by atoms with Crippen LogP contribution in [0, 0.1) is 0 Å². The van der Waals surface area contributed by atoms with Crippen LogP contribution < -0.4 is 16.0 Å². The fraction of sp³-hybridized carbons (Fsp3) is 0.688. The van der Waals surface area contributed by atoms with Gasteiger partial charge in [0.25, 0.3) is 5.91 Å². The molecule has 1 saturated heterocycles. The monoisotopic (exact) mass is 307 g/mol. The second kappa shape index (κ2) is 6.26. The van der Waals surface area contributed by atoms with Gasteiger partial charge in [-0.1, -0.05) is 12.8 Å². The fourth-order valence-corrected chi connectivity index (χ4v) is 4.41. The van der Waals surface area contributed by atoms with Gasteiger partial charge in [0.15, 0.2) is 0 Å². The number of nitrogen functional groups attached to an aromatic ring is 1. The van der Waals surface area contributed by atoms with Crippen molar-refractivity contribution in [2.75, 3.05) is 30.3 Å². The number of hydrogen-bond acceptors (Lipinski definition) is 4.